The van der Waals surface area contributed by atoms with Crippen LogP contribution in [0.3, 0.4) is 0 Å². The van der Waals surface area contributed by atoms with Crippen LogP contribution in [0.25, 0.3) is 0 Å². The molecule has 1 fully saturated rings. The van der Waals surface area contributed by atoms with Crippen LogP contribution >= 0.6 is 0 Å². The van der Waals surface area contributed by atoms with Crippen molar-refractivity contribution in [2.75, 3.05) is 19.4 Å². The van der Waals surface area contributed by atoms with Gasteiger partial charge >= 0.3 is 0 Å². The minimum Gasteiger partial charge on any atom is -0.326 e. The van der Waals surface area contributed by atoms with Gasteiger partial charge in [0.15, 0.2) is 0 Å². The second-order valence-electron chi connectivity index (χ2n) is 5.12. The predicted molar refractivity (Wildman–Crippen MR) is 73.2 cm³/mol. The van der Waals surface area contributed by atoms with Crippen molar-refractivity contribution in [3.05, 3.63) is 24.3 Å². The van der Waals surface area contributed by atoms with E-state index >= 15 is 0 Å². The first-order valence-electron chi connectivity index (χ1n) is 6.16. The fourth-order valence-corrected chi connectivity index (χ4v) is 2.82. The quantitative estimate of drug-likeness (QED) is 0.910. The van der Waals surface area contributed by atoms with Crippen molar-refractivity contribution >= 4 is 21.6 Å². The SMILES string of the molecule is C[C@H]1C[C@@H]1C(=O)Nc1cccc(S(=O)(=O)N(C)C)c1. The Kier molecular flexibility index (Phi) is 3.64. The van der Waals surface area contributed by atoms with Gasteiger partial charge in [0.2, 0.25) is 15.9 Å². The molecule has 0 aromatic heterocycles. The Morgan fingerprint density at radius 3 is 2.53 bits per heavy atom. The third-order valence-corrected chi connectivity index (χ3v) is 5.14. The van der Waals surface area contributed by atoms with E-state index in [-0.39, 0.29) is 16.7 Å². The molecule has 0 bridgehead atoms. The van der Waals surface area contributed by atoms with Crippen LogP contribution in [-0.2, 0) is 14.8 Å². The molecule has 0 radical (unpaired) electrons. The van der Waals surface area contributed by atoms with E-state index in [4.69, 9.17) is 0 Å². The summed E-state index contributed by atoms with van der Waals surface area (Å²) in [5.41, 5.74) is 0.520. The van der Waals surface area contributed by atoms with Crippen molar-refractivity contribution in [2.45, 2.75) is 18.2 Å². The molecule has 1 aliphatic rings. The summed E-state index contributed by atoms with van der Waals surface area (Å²) >= 11 is 0. The second kappa shape index (κ2) is 4.94. The number of rotatable bonds is 4. The van der Waals surface area contributed by atoms with Crippen LogP contribution in [0.5, 0.6) is 0 Å². The molecule has 0 unspecified atom stereocenters. The Balaban J connectivity index is 2.18. The third kappa shape index (κ3) is 2.96. The van der Waals surface area contributed by atoms with Gasteiger partial charge in [-0.2, -0.15) is 0 Å². The van der Waals surface area contributed by atoms with Gasteiger partial charge in [-0.3, -0.25) is 4.79 Å². The summed E-state index contributed by atoms with van der Waals surface area (Å²) in [5.74, 6) is 0.453. The molecule has 0 saturated heterocycles. The summed E-state index contributed by atoms with van der Waals surface area (Å²) in [6.07, 6.45) is 0.904. The predicted octanol–water partition coefficient (Wildman–Crippen LogP) is 1.53. The summed E-state index contributed by atoms with van der Waals surface area (Å²) < 4.78 is 25.1. The topological polar surface area (TPSA) is 66.5 Å². The van der Waals surface area contributed by atoms with Gasteiger partial charge in [-0.05, 0) is 30.5 Å². The monoisotopic (exact) mass is 282 g/mol. The van der Waals surface area contributed by atoms with Crippen molar-refractivity contribution < 1.29 is 13.2 Å². The summed E-state index contributed by atoms with van der Waals surface area (Å²) in [7, 11) is -0.511. The Morgan fingerprint density at radius 1 is 1.37 bits per heavy atom. The van der Waals surface area contributed by atoms with Crippen molar-refractivity contribution in [3.63, 3.8) is 0 Å². The average Bonchev–Trinajstić information content (AvgIpc) is 3.06. The van der Waals surface area contributed by atoms with Crippen LogP contribution in [0.1, 0.15) is 13.3 Å². The smallest absolute Gasteiger partial charge is 0.242 e. The van der Waals surface area contributed by atoms with Crippen LogP contribution in [0.4, 0.5) is 5.69 Å². The van der Waals surface area contributed by atoms with E-state index in [1.165, 1.54) is 26.2 Å². The number of nitrogens with one attached hydrogen (secondary N) is 1. The molecular formula is C13H18N2O3S. The molecule has 1 amide bonds. The van der Waals surface area contributed by atoms with Gasteiger partial charge in [0.1, 0.15) is 0 Å². The van der Waals surface area contributed by atoms with Crippen LogP contribution in [-0.4, -0.2) is 32.7 Å². The minimum atomic E-state index is -3.47. The Labute approximate surface area is 113 Å². The van der Waals surface area contributed by atoms with Crippen LogP contribution in [0.15, 0.2) is 29.2 Å². The number of hydrogen-bond acceptors (Lipinski definition) is 3. The number of amides is 1. The van der Waals surface area contributed by atoms with E-state index in [2.05, 4.69) is 5.32 Å². The largest absolute Gasteiger partial charge is 0.326 e. The molecule has 5 nitrogen and oxygen atoms in total. The zero-order chi connectivity index (χ0) is 14.2. The van der Waals surface area contributed by atoms with Gasteiger partial charge in [-0.15, -0.1) is 0 Å². The molecule has 2 rings (SSSR count). The Morgan fingerprint density at radius 2 is 2.00 bits per heavy atom. The first-order chi connectivity index (χ1) is 8.82. The lowest BCUT2D eigenvalue weighted by molar-refractivity contribution is -0.117. The highest BCUT2D eigenvalue weighted by atomic mass is 32.2. The normalized spacial score (nSPS) is 22.3. The molecule has 0 aliphatic heterocycles. The Bertz CT molecular complexity index is 596. The maximum Gasteiger partial charge on any atom is 0.242 e. The fraction of sp³-hybridized carbons (Fsp3) is 0.462. The van der Waals surface area contributed by atoms with E-state index in [0.29, 0.717) is 11.6 Å². The minimum absolute atomic E-state index is 0.0353. The van der Waals surface area contributed by atoms with Gasteiger partial charge in [0, 0.05) is 25.7 Å². The van der Waals surface area contributed by atoms with Crippen LogP contribution < -0.4 is 5.32 Å². The molecule has 1 aliphatic carbocycles. The number of carbonyl (C=O) groups is 1. The van der Waals surface area contributed by atoms with Crippen molar-refractivity contribution in [1.29, 1.82) is 0 Å². The summed E-state index contributed by atoms with van der Waals surface area (Å²) in [5, 5.41) is 2.76. The highest BCUT2D eigenvalue weighted by Gasteiger charge is 2.39. The summed E-state index contributed by atoms with van der Waals surface area (Å²) in [6.45, 7) is 2.02. The molecule has 104 valence electrons. The maximum absolute atomic E-state index is 12.0. The van der Waals surface area contributed by atoms with E-state index in [9.17, 15) is 13.2 Å². The highest BCUT2D eigenvalue weighted by Crippen LogP contribution is 2.38. The first-order valence-corrected chi connectivity index (χ1v) is 7.60. The molecule has 1 saturated carbocycles. The standard InChI is InChI=1S/C13H18N2O3S/c1-9-7-12(9)13(16)14-10-5-4-6-11(8-10)19(17,18)15(2)3/h4-6,8-9,12H,7H2,1-3H3,(H,14,16)/t9-,12-/m0/s1. The molecule has 0 spiro atoms. The van der Waals surface area contributed by atoms with Gasteiger partial charge < -0.3 is 5.32 Å². The van der Waals surface area contributed by atoms with Crippen LogP contribution in [0.2, 0.25) is 0 Å². The summed E-state index contributed by atoms with van der Waals surface area (Å²) in [6, 6.07) is 6.33. The van der Waals surface area contributed by atoms with Crippen LogP contribution in [0, 0.1) is 11.8 Å². The number of anilines is 1. The lowest BCUT2D eigenvalue weighted by Crippen LogP contribution is -2.22. The van der Waals surface area contributed by atoms with E-state index < -0.39 is 10.0 Å². The van der Waals surface area contributed by atoms with Gasteiger partial charge in [0.25, 0.3) is 0 Å². The summed E-state index contributed by atoms with van der Waals surface area (Å²) in [4.78, 5) is 12.0. The molecular weight excluding hydrogens is 264 g/mol. The van der Waals surface area contributed by atoms with E-state index in [1.807, 2.05) is 6.92 Å². The molecule has 2 atom stereocenters. The molecule has 6 heteroatoms. The zero-order valence-electron chi connectivity index (χ0n) is 11.3. The third-order valence-electron chi connectivity index (χ3n) is 3.33. The maximum atomic E-state index is 12.0. The second-order valence-corrected chi connectivity index (χ2v) is 7.28. The molecule has 0 heterocycles. The molecule has 1 N–H and O–H groups in total. The number of benzene rings is 1. The fourth-order valence-electron chi connectivity index (χ4n) is 1.87. The molecule has 19 heavy (non-hydrogen) atoms. The Hall–Kier alpha value is -1.40. The first kappa shape index (κ1) is 14.0. The molecule has 1 aromatic rings. The number of carbonyl (C=O) groups excluding carboxylic acids is 1. The van der Waals surface area contributed by atoms with Crippen molar-refractivity contribution in [3.8, 4) is 0 Å². The van der Waals surface area contributed by atoms with E-state index in [1.54, 1.807) is 12.1 Å². The average molecular weight is 282 g/mol. The zero-order valence-corrected chi connectivity index (χ0v) is 12.1. The van der Waals surface area contributed by atoms with Crippen molar-refractivity contribution in [1.82, 2.24) is 4.31 Å². The number of sulfonamides is 1. The van der Waals surface area contributed by atoms with Crippen molar-refractivity contribution in [2.24, 2.45) is 11.8 Å². The van der Waals surface area contributed by atoms with Gasteiger partial charge in [-0.1, -0.05) is 13.0 Å². The van der Waals surface area contributed by atoms with Gasteiger partial charge in [-0.25, -0.2) is 12.7 Å². The molecule has 1 aromatic carbocycles. The lowest BCUT2D eigenvalue weighted by Gasteiger charge is -2.12. The van der Waals surface area contributed by atoms with E-state index in [0.717, 1.165) is 10.7 Å². The van der Waals surface area contributed by atoms with Gasteiger partial charge in [0.05, 0.1) is 4.90 Å². The number of hydrogen-bond donors (Lipinski definition) is 1. The lowest BCUT2D eigenvalue weighted by atomic mass is 10.3. The highest BCUT2D eigenvalue weighted by molar-refractivity contribution is 7.89. The number of nitrogens with zero attached hydrogens (tertiary/aromatic N) is 1.